The summed E-state index contributed by atoms with van der Waals surface area (Å²) in [6.45, 7) is 0. The van der Waals surface area contributed by atoms with Gasteiger partial charge in [0.1, 0.15) is 5.82 Å². The van der Waals surface area contributed by atoms with Gasteiger partial charge in [-0.25, -0.2) is 9.18 Å². The summed E-state index contributed by atoms with van der Waals surface area (Å²) in [4.78, 5) is 23.6. The van der Waals surface area contributed by atoms with Gasteiger partial charge in [-0.15, -0.1) is 0 Å². The smallest absolute Gasteiger partial charge is 0.312 e. The Kier molecular flexibility index (Phi) is 4.60. The van der Waals surface area contributed by atoms with Crippen LogP contribution in [-0.2, 0) is 4.79 Å². The van der Waals surface area contributed by atoms with Crippen molar-refractivity contribution in [3.05, 3.63) is 60.0 Å². The normalized spacial score (nSPS) is 11.9. The Bertz CT molecular complexity index is 924. The maximum absolute atomic E-state index is 14.0. The average Bonchev–Trinajstić information content (AvgIpc) is 3.04. The number of nitrogens with zero attached hydrogens (tertiary/aromatic N) is 1. The zero-order chi connectivity index (χ0) is 17.8. The Labute approximate surface area is 142 Å². The number of H-pyrrole nitrogens is 1. The molecule has 25 heavy (non-hydrogen) atoms. The molecule has 1 heterocycles. The lowest BCUT2D eigenvalue weighted by Crippen LogP contribution is -2.35. The standard InChI is InChI=1S/C17H16FN5O2/c18-12-6-2-1-5-11(12)14(22-17(19)25)8-15(24)21-13-7-3-4-10-9-20-23-16(10)13/h1-7,9,14H,8H2,(H,20,23)(H,21,24)(H3,19,22,25)/t14-/m1/s1. The minimum atomic E-state index is -0.875. The van der Waals surface area contributed by atoms with E-state index < -0.39 is 23.8 Å². The number of nitrogens with one attached hydrogen (secondary N) is 3. The molecule has 8 heteroatoms. The van der Waals surface area contributed by atoms with Crippen molar-refractivity contribution in [3.8, 4) is 0 Å². The van der Waals surface area contributed by atoms with E-state index in [1.165, 1.54) is 18.2 Å². The second kappa shape index (κ2) is 7.00. The third kappa shape index (κ3) is 3.74. The number of urea groups is 1. The van der Waals surface area contributed by atoms with Crippen molar-refractivity contribution >= 4 is 28.5 Å². The molecule has 0 aliphatic heterocycles. The van der Waals surface area contributed by atoms with E-state index in [-0.39, 0.29) is 12.0 Å². The molecule has 128 valence electrons. The van der Waals surface area contributed by atoms with Crippen molar-refractivity contribution in [2.75, 3.05) is 5.32 Å². The monoisotopic (exact) mass is 341 g/mol. The van der Waals surface area contributed by atoms with Gasteiger partial charge in [-0.2, -0.15) is 5.10 Å². The molecule has 1 atom stereocenters. The van der Waals surface area contributed by atoms with Crippen LogP contribution in [0.1, 0.15) is 18.0 Å². The van der Waals surface area contributed by atoms with E-state index in [1.807, 2.05) is 6.07 Å². The fourth-order valence-electron chi connectivity index (χ4n) is 2.63. The van der Waals surface area contributed by atoms with Crippen LogP contribution in [0.25, 0.3) is 10.9 Å². The van der Waals surface area contributed by atoms with Gasteiger partial charge < -0.3 is 16.4 Å². The van der Waals surface area contributed by atoms with Gasteiger partial charge in [0.05, 0.1) is 29.9 Å². The molecule has 0 fully saturated rings. The minimum absolute atomic E-state index is 0.172. The Balaban J connectivity index is 1.80. The van der Waals surface area contributed by atoms with Crippen LogP contribution in [0, 0.1) is 5.82 Å². The molecule has 0 radical (unpaired) electrons. The summed E-state index contributed by atoms with van der Waals surface area (Å²) in [5, 5.41) is 12.7. The number of carbonyl (C=O) groups excluding carboxylic acids is 2. The van der Waals surface area contributed by atoms with Gasteiger partial charge in [0.25, 0.3) is 0 Å². The minimum Gasteiger partial charge on any atom is -0.352 e. The van der Waals surface area contributed by atoms with E-state index in [1.54, 1.807) is 24.4 Å². The Morgan fingerprint density at radius 1 is 1.20 bits per heavy atom. The average molecular weight is 341 g/mol. The lowest BCUT2D eigenvalue weighted by molar-refractivity contribution is -0.116. The topological polar surface area (TPSA) is 113 Å². The number of hydrogen-bond donors (Lipinski definition) is 4. The highest BCUT2D eigenvalue weighted by Gasteiger charge is 2.21. The fraction of sp³-hybridized carbons (Fsp3) is 0.118. The number of primary amides is 1. The van der Waals surface area contributed by atoms with Gasteiger partial charge in [0.15, 0.2) is 0 Å². The number of hydrogen-bond acceptors (Lipinski definition) is 3. The van der Waals surface area contributed by atoms with Crippen molar-refractivity contribution in [1.82, 2.24) is 15.5 Å². The molecule has 0 saturated heterocycles. The van der Waals surface area contributed by atoms with E-state index in [0.717, 1.165) is 5.39 Å². The summed E-state index contributed by atoms with van der Waals surface area (Å²) in [6.07, 6.45) is 1.47. The van der Waals surface area contributed by atoms with Crippen LogP contribution in [0.3, 0.4) is 0 Å². The molecule has 5 N–H and O–H groups in total. The van der Waals surface area contributed by atoms with Gasteiger partial charge in [0.2, 0.25) is 5.91 Å². The first-order chi connectivity index (χ1) is 12.0. The van der Waals surface area contributed by atoms with Crippen molar-refractivity contribution < 1.29 is 14.0 Å². The Hall–Kier alpha value is -3.42. The Morgan fingerprint density at radius 3 is 2.76 bits per heavy atom. The molecule has 0 unspecified atom stereocenters. The number of amides is 3. The molecule has 3 amide bonds. The predicted octanol–water partition coefficient (Wildman–Crippen LogP) is 2.44. The molecule has 0 spiro atoms. The number of nitrogens with two attached hydrogens (primary N) is 1. The number of aromatic amines is 1. The summed E-state index contributed by atoms with van der Waals surface area (Å²) < 4.78 is 14.0. The van der Waals surface area contributed by atoms with E-state index in [0.29, 0.717) is 11.2 Å². The lowest BCUT2D eigenvalue weighted by Gasteiger charge is -2.18. The molecule has 0 aliphatic carbocycles. The predicted molar refractivity (Wildman–Crippen MR) is 91.2 cm³/mol. The van der Waals surface area contributed by atoms with Crippen LogP contribution < -0.4 is 16.4 Å². The first-order valence-electron chi connectivity index (χ1n) is 7.57. The molecule has 7 nitrogen and oxygen atoms in total. The number of halogens is 1. The van der Waals surface area contributed by atoms with Gasteiger partial charge in [-0.1, -0.05) is 30.3 Å². The molecule has 3 rings (SSSR count). The van der Waals surface area contributed by atoms with Crippen LogP contribution in [0.2, 0.25) is 0 Å². The number of anilines is 1. The van der Waals surface area contributed by atoms with E-state index in [9.17, 15) is 14.0 Å². The van der Waals surface area contributed by atoms with E-state index in [2.05, 4.69) is 20.8 Å². The molecule has 2 aromatic carbocycles. The van der Waals surface area contributed by atoms with Gasteiger partial charge in [-0.3, -0.25) is 9.89 Å². The number of para-hydroxylation sites is 1. The summed E-state index contributed by atoms with van der Waals surface area (Å²) >= 11 is 0. The highest BCUT2D eigenvalue weighted by Crippen LogP contribution is 2.23. The molecule has 3 aromatic rings. The SMILES string of the molecule is NC(=O)N[C@H](CC(=O)Nc1cccc2cn[nH]c12)c1ccccc1F. The highest BCUT2D eigenvalue weighted by atomic mass is 19.1. The number of rotatable bonds is 5. The number of benzene rings is 2. The van der Waals surface area contributed by atoms with Crippen molar-refractivity contribution in [2.24, 2.45) is 5.73 Å². The van der Waals surface area contributed by atoms with E-state index in [4.69, 9.17) is 5.73 Å². The second-order valence-corrected chi connectivity index (χ2v) is 5.47. The summed E-state index contributed by atoms with van der Waals surface area (Å²) in [5.74, 6) is -0.922. The molecular formula is C17H16FN5O2. The fourth-order valence-corrected chi connectivity index (χ4v) is 2.63. The largest absolute Gasteiger partial charge is 0.352 e. The van der Waals surface area contributed by atoms with Crippen LogP contribution in [0.5, 0.6) is 0 Å². The van der Waals surface area contributed by atoms with Crippen molar-refractivity contribution in [1.29, 1.82) is 0 Å². The second-order valence-electron chi connectivity index (χ2n) is 5.47. The van der Waals surface area contributed by atoms with E-state index >= 15 is 0 Å². The van der Waals surface area contributed by atoms with Crippen LogP contribution in [-0.4, -0.2) is 22.1 Å². The summed E-state index contributed by atoms with van der Waals surface area (Å²) in [7, 11) is 0. The van der Waals surface area contributed by atoms with Crippen LogP contribution >= 0.6 is 0 Å². The molecule has 0 aliphatic rings. The quantitative estimate of drug-likeness (QED) is 0.571. The van der Waals surface area contributed by atoms with Gasteiger partial charge in [-0.05, 0) is 12.1 Å². The third-order valence-electron chi connectivity index (χ3n) is 3.74. The molecular weight excluding hydrogens is 325 g/mol. The summed E-state index contributed by atoms with van der Waals surface area (Å²) in [5.41, 5.74) is 6.57. The van der Waals surface area contributed by atoms with Crippen molar-refractivity contribution in [2.45, 2.75) is 12.5 Å². The first-order valence-corrected chi connectivity index (χ1v) is 7.57. The zero-order valence-corrected chi connectivity index (χ0v) is 13.1. The molecule has 1 aromatic heterocycles. The molecule has 0 bridgehead atoms. The number of carbonyl (C=O) groups is 2. The summed E-state index contributed by atoms with van der Waals surface area (Å²) in [6, 6.07) is 9.55. The lowest BCUT2D eigenvalue weighted by atomic mass is 10.0. The van der Waals surface area contributed by atoms with Crippen LogP contribution in [0.15, 0.2) is 48.7 Å². The van der Waals surface area contributed by atoms with Crippen molar-refractivity contribution in [3.63, 3.8) is 0 Å². The number of fused-ring (bicyclic) bond motifs is 1. The molecule has 0 saturated carbocycles. The zero-order valence-electron chi connectivity index (χ0n) is 13.1. The van der Waals surface area contributed by atoms with Gasteiger partial charge >= 0.3 is 6.03 Å². The van der Waals surface area contributed by atoms with Gasteiger partial charge in [0, 0.05) is 10.9 Å². The van der Waals surface area contributed by atoms with Crippen LogP contribution in [0.4, 0.5) is 14.9 Å². The third-order valence-corrected chi connectivity index (χ3v) is 3.74. The maximum atomic E-state index is 14.0. The highest BCUT2D eigenvalue weighted by molar-refractivity contribution is 6.00. The maximum Gasteiger partial charge on any atom is 0.312 e. The first kappa shape index (κ1) is 16.4. The number of aromatic nitrogens is 2. The Morgan fingerprint density at radius 2 is 2.00 bits per heavy atom.